The Kier molecular flexibility index (Phi) is 4.21. The molecule has 0 aliphatic rings. The minimum Gasteiger partial charge on any atom is -0.451 e. The van der Waals surface area contributed by atoms with E-state index in [0.29, 0.717) is 23.1 Å². The third-order valence-electron chi connectivity index (χ3n) is 3.37. The Morgan fingerprint density at radius 3 is 2.74 bits per heavy atom. The maximum Gasteiger partial charge on any atom is 0.289 e. The van der Waals surface area contributed by atoms with Gasteiger partial charge in [0.05, 0.1) is 17.3 Å². The number of aryl methyl sites for hydroxylation is 1. The number of carbonyl (C=O) groups is 1. The fraction of sp³-hybridized carbons (Fsp3) is 0.176. The first-order chi connectivity index (χ1) is 11.0. The number of hydrogen-bond donors (Lipinski definition) is 0. The second-order valence-electron chi connectivity index (χ2n) is 5.24. The number of amides is 1. The first-order valence-electron chi connectivity index (χ1n) is 7.07. The van der Waals surface area contributed by atoms with Gasteiger partial charge in [-0.15, -0.1) is 0 Å². The lowest BCUT2D eigenvalue weighted by atomic mass is 10.2. The quantitative estimate of drug-likeness (QED) is 0.720. The molecule has 0 aliphatic carbocycles. The molecule has 0 spiro atoms. The van der Waals surface area contributed by atoms with Crippen molar-refractivity contribution in [2.24, 2.45) is 0 Å². The highest BCUT2D eigenvalue weighted by Crippen LogP contribution is 2.29. The maximum atomic E-state index is 12.4. The number of halogens is 1. The molecule has 0 aliphatic heterocycles. The van der Waals surface area contributed by atoms with Crippen LogP contribution in [-0.2, 0) is 6.54 Å². The zero-order valence-corrected chi connectivity index (χ0v) is 13.5. The van der Waals surface area contributed by atoms with Crippen molar-refractivity contribution >= 4 is 17.5 Å². The standard InChI is InChI=1S/C17H15ClN2O3/c1-11-9-12(23-19-11)10-20(2)17(21)16-8-7-15(22-16)13-5-3-4-6-14(13)18/h3-9H,10H2,1-2H3. The van der Waals surface area contributed by atoms with Gasteiger partial charge in [0, 0.05) is 18.7 Å². The number of carbonyl (C=O) groups excluding carboxylic acids is 1. The van der Waals surface area contributed by atoms with Gasteiger partial charge in [-0.25, -0.2) is 0 Å². The average molecular weight is 331 g/mol. The molecule has 0 radical (unpaired) electrons. The summed E-state index contributed by atoms with van der Waals surface area (Å²) in [6.45, 7) is 2.15. The molecule has 5 nitrogen and oxygen atoms in total. The average Bonchev–Trinajstić information content (AvgIpc) is 3.16. The van der Waals surface area contributed by atoms with E-state index >= 15 is 0 Å². The number of hydrogen-bond acceptors (Lipinski definition) is 4. The number of aromatic nitrogens is 1. The van der Waals surface area contributed by atoms with Gasteiger partial charge in [-0.3, -0.25) is 4.79 Å². The van der Waals surface area contributed by atoms with E-state index in [0.717, 1.165) is 11.3 Å². The van der Waals surface area contributed by atoms with Crippen LogP contribution >= 0.6 is 11.6 Å². The number of nitrogens with zero attached hydrogens (tertiary/aromatic N) is 2. The van der Waals surface area contributed by atoms with Crippen LogP contribution in [0.3, 0.4) is 0 Å². The van der Waals surface area contributed by atoms with Crippen molar-refractivity contribution in [1.82, 2.24) is 10.1 Å². The molecular weight excluding hydrogens is 316 g/mol. The molecule has 2 aromatic heterocycles. The minimum absolute atomic E-state index is 0.239. The lowest BCUT2D eigenvalue weighted by Gasteiger charge is -2.13. The van der Waals surface area contributed by atoms with Gasteiger partial charge in [-0.2, -0.15) is 0 Å². The predicted octanol–water partition coefficient (Wildman–Crippen LogP) is 4.17. The minimum atomic E-state index is -0.239. The summed E-state index contributed by atoms with van der Waals surface area (Å²) >= 11 is 6.15. The third-order valence-corrected chi connectivity index (χ3v) is 3.70. The van der Waals surface area contributed by atoms with Gasteiger partial charge < -0.3 is 13.8 Å². The topological polar surface area (TPSA) is 59.5 Å². The van der Waals surface area contributed by atoms with Crippen LogP contribution in [0.25, 0.3) is 11.3 Å². The summed E-state index contributed by atoms with van der Waals surface area (Å²) in [7, 11) is 1.68. The molecule has 0 atom stereocenters. The largest absolute Gasteiger partial charge is 0.451 e. The van der Waals surface area contributed by atoms with Crippen molar-refractivity contribution in [3.8, 4) is 11.3 Å². The van der Waals surface area contributed by atoms with Crippen LogP contribution in [0.15, 0.2) is 51.4 Å². The number of furan rings is 1. The van der Waals surface area contributed by atoms with E-state index in [1.165, 1.54) is 4.90 Å². The summed E-state index contributed by atoms with van der Waals surface area (Å²) in [6.07, 6.45) is 0. The number of benzene rings is 1. The summed E-state index contributed by atoms with van der Waals surface area (Å²) in [5.74, 6) is 1.19. The van der Waals surface area contributed by atoms with Crippen LogP contribution < -0.4 is 0 Å². The fourth-order valence-corrected chi connectivity index (χ4v) is 2.47. The van der Waals surface area contributed by atoms with Crippen molar-refractivity contribution in [3.63, 3.8) is 0 Å². The van der Waals surface area contributed by atoms with Crippen LogP contribution in [-0.4, -0.2) is 23.0 Å². The van der Waals surface area contributed by atoms with E-state index in [1.54, 1.807) is 31.3 Å². The number of rotatable bonds is 4. The SMILES string of the molecule is Cc1cc(CN(C)C(=O)c2ccc(-c3ccccc3Cl)o2)on1. The molecule has 0 N–H and O–H groups in total. The summed E-state index contributed by atoms with van der Waals surface area (Å²) in [5, 5.41) is 4.38. The monoisotopic (exact) mass is 330 g/mol. The highest BCUT2D eigenvalue weighted by molar-refractivity contribution is 6.33. The lowest BCUT2D eigenvalue weighted by Crippen LogP contribution is -2.25. The lowest BCUT2D eigenvalue weighted by molar-refractivity contribution is 0.0741. The van der Waals surface area contributed by atoms with Gasteiger partial charge in [-0.1, -0.05) is 28.9 Å². The molecule has 23 heavy (non-hydrogen) atoms. The summed E-state index contributed by atoms with van der Waals surface area (Å²) in [5.41, 5.74) is 1.53. The molecule has 1 amide bonds. The Labute approximate surface area is 138 Å². The second-order valence-corrected chi connectivity index (χ2v) is 5.65. The molecule has 0 saturated carbocycles. The zero-order valence-electron chi connectivity index (χ0n) is 12.7. The van der Waals surface area contributed by atoms with Crippen LogP contribution in [0.5, 0.6) is 0 Å². The molecule has 0 fully saturated rings. The van der Waals surface area contributed by atoms with Crippen molar-refractivity contribution in [2.45, 2.75) is 13.5 Å². The van der Waals surface area contributed by atoms with Gasteiger partial charge >= 0.3 is 0 Å². The normalized spacial score (nSPS) is 10.7. The summed E-state index contributed by atoms with van der Waals surface area (Å²) in [4.78, 5) is 13.9. The Hall–Kier alpha value is -2.53. The highest BCUT2D eigenvalue weighted by Gasteiger charge is 2.18. The molecule has 118 valence electrons. The molecule has 6 heteroatoms. The summed E-state index contributed by atoms with van der Waals surface area (Å²) < 4.78 is 10.8. The summed E-state index contributed by atoms with van der Waals surface area (Å²) in [6, 6.07) is 12.5. The van der Waals surface area contributed by atoms with Crippen molar-refractivity contribution in [2.75, 3.05) is 7.05 Å². The van der Waals surface area contributed by atoms with Crippen LogP contribution in [0.1, 0.15) is 22.0 Å². The van der Waals surface area contributed by atoms with E-state index in [9.17, 15) is 4.79 Å². The zero-order chi connectivity index (χ0) is 16.4. The van der Waals surface area contributed by atoms with Crippen molar-refractivity contribution in [1.29, 1.82) is 0 Å². The Morgan fingerprint density at radius 1 is 1.26 bits per heavy atom. The van der Waals surface area contributed by atoms with E-state index < -0.39 is 0 Å². The second kappa shape index (κ2) is 6.30. The van der Waals surface area contributed by atoms with Gasteiger partial charge in [0.25, 0.3) is 5.91 Å². The first kappa shape index (κ1) is 15.4. The molecule has 3 rings (SSSR count). The first-order valence-corrected chi connectivity index (χ1v) is 7.45. The van der Waals surface area contributed by atoms with E-state index in [4.69, 9.17) is 20.5 Å². The molecule has 0 bridgehead atoms. The van der Waals surface area contributed by atoms with Crippen molar-refractivity contribution < 1.29 is 13.7 Å². The fourth-order valence-electron chi connectivity index (χ4n) is 2.24. The highest BCUT2D eigenvalue weighted by atomic mass is 35.5. The molecular formula is C17H15ClN2O3. The molecule has 0 saturated heterocycles. The maximum absolute atomic E-state index is 12.4. The van der Waals surface area contributed by atoms with Crippen molar-refractivity contribution in [3.05, 3.63) is 64.7 Å². The van der Waals surface area contributed by atoms with Gasteiger partial charge in [0.1, 0.15) is 5.76 Å². The van der Waals surface area contributed by atoms with Gasteiger partial charge in [0.2, 0.25) is 0 Å². The van der Waals surface area contributed by atoms with E-state index in [1.807, 2.05) is 25.1 Å². The molecule has 2 heterocycles. The Morgan fingerprint density at radius 2 is 2.04 bits per heavy atom. The predicted molar refractivity (Wildman–Crippen MR) is 86.2 cm³/mol. The van der Waals surface area contributed by atoms with Crippen LogP contribution in [0, 0.1) is 6.92 Å². The Balaban J connectivity index is 1.77. The van der Waals surface area contributed by atoms with Gasteiger partial charge in [-0.05, 0) is 31.2 Å². The third kappa shape index (κ3) is 3.29. The smallest absolute Gasteiger partial charge is 0.289 e. The van der Waals surface area contributed by atoms with Crippen LogP contribution in [0.2, 0.25) is 5.02 Å². The van der Waals surface area contributed by atoms with Crippen LogP contribution in [0.4, 0.5) is 0 Å². The Bertz CT molecular complexity index is 838. The van der Waals surface area contributed by atoms with E-state index in [-0.39, 0.29) is 11.7 Å². The molecule has 3 aromatic rings. The molecule has 1 aromatic carbocycles. The molecule has 0 unspecified atom stereocenters. The van der Waals surface area contributed by atoms with E-state index in [2.05, 4.69) is 5.16 Å². The van der Waals surface area contributed by atoms with Gasteiger partial charge in [0.15, 0.2) is 11.5 Å².